The molecule has 0 aromatic carbocycles. The Balaban J connectivity index is 1.70. The summed E-state index contributed by atoms with van der Waals surface area (Å²) < 4.78 is 0. The first kappa shape index (κ1) is 12.2. The molecule has 1 atom stereocenters. The summed E-state index contributed by atoms with van der Waals surface area (Å²) in [6.07, 6.45) is 3.41. The van der Waals surface area contributed by atoms with E-state index in [1.807, 2.05) is 0 Å². The number of carbonyl (C=O) groups is 3. The van der Waals surface area contributed by atoms with Gasteiger partial charge in [0.15, 0.2) is 0 Å². The molecule has 1 fully saturated rings. The summed E-state index contributed by atoms with van der Waals surface area (Å²) in [6.45, 7) is 0.579. The molecule has 0 saturated carbocycles. The summed E-state index contributed by atoms with van der Waals surface area (Å²) in [5.41, 5.74) is 0. The molecule has 0 bridgehead atoms. The third kappa shape index (κ3) is 2.88. The molecule has 0 aliphatic carbocycles. The largest absolute Gasteiger partial charge is 0.354 e. The lowest BCUT2D eigenvalue weighted by atomic mass is 10.1. The minimum Gasteiger partial charge on any atom is -0.354 e. The van der Waals surface area contributed by atoms with Gasteiger partial charge >= 0.3 is 0 Å². The van der Waals surface area contributed by atoms with E-state index < -0.39 is 0 Å². The molecule has 1 N–H and O–H groups in total. The van der Waals surface area contributed by atoms with Crippen LogP contribution in [0.5, 0.6) is 0 Å². The van der Waals surface area contributed by atoms with Crippen molar-refractivity contribution in [2.75, 3.05) is 24.6 Å². The van der Waals surface area contributed by atoms with Gasteiger partial charge in [0.1, 0.15) is 0 Å². The van der Waals surface area contributed by atoms with Crippen LogP contribution in [0.25, 0.3) is 0 Å². The van der Waals surface area contributed by atoms with Gasteiger partial charge in [-0.1, -0.05) is 0 Å². The Hall–Kier alpha value is -1.30. The average Bonchev–Trinajstić information content (AvgIpc) is 2.93. The fourth-order valence-electron chi connectivity index (χ4n) is 1.83. The molecule has 92 valence electrons. The molecule has 1 unspecified atom stereocenters. The third-order valence-electron chi connectivity index (χ3n) is 2.84. The lowest BCUT2D eigenvalue weighted by molar-refractivity contribution is -0.137. The standard InChI is InChI=1S/C11H14N2O3S/c14-9-1-2-10(15)13(9)5-4-12-11(16)8-3-6-17-7-8/h1-2,8H,3-7H2,(H,12,16). The number of thioether (sulfide) groups is 1. The first-order chi connectivity index (χ1) is 8.18. The van der Waals surface area contributed by atoms with E-state index >= 15 is 0 Å². The van der Waals surface area contributed by atoms with Crippen LogP contribution in [0.3, 0.4) is 0 Å². The monoisotopic (exact) mass is 254 g/mol. The first-order valence-corrected chi connectivity index (χ1v) is 6.73. The smallest absolute Gasteiger partial charge is 0.253 e. The molecule has 0 radical (unpaired) electrons. The number of carbonyl (C=O) groups excluding carboxylic acids is 3. The summed E-state index contributed by atoms with van der Waals surface area (Å²) >= 11 is 1.78. The van der Waals surface area contributed by atoms with Gasteiger partial charge in [0.05, 0.1) is 0 Å². The first-order valence-electron chi connectivity index (χ1n) is 5.57. The fourth-order valence-corrected chi connectivity index (χ4v) is 3.05. The molecule has 17 heavy (non-hydrogen) atoms. The van der Waals surface area contributed by atoms with Crippen LogP contribution in [0.1, 0.15) is 6.42 Å². The van der Waals surface area contributed by atoms with Gasteiger partial charge in [-0.3, -0.25) is 19.3 Å². The van der Waals surface area contributed by atoms with E-state index in [0.29, 0.717) is 6.54 Å². The van der Waals surface area contributed by atoms with Crippen molar-refractivity contribution < 1.29 is 14.4 Å². The van der Waals surface area contributed by atoms with E-state index in [1.165, 1.54) is 12.2 Å². The van der Waals surface area contributed by atoms with Crippen LogP contribution in [0.4, 0.5) is 0 Å². The molecule has 0 aromatic rings. The van der Waals surface area contributed by atoms with Crippen molar-refractivity contribution in [3.63, 3.8) is 0 Å². The second-order valence-electron chi connectivity index (χ2n) is 4.01. The Morgan fingerprint density at radius 1 is 1.41 bits per heavy atom. The minimum atomic E-state index is -0.305. The van der Waals surface area contributed by atoms with Crippen molar-refractivity contribution in [2.45, 2.75) is 6.42 Å². The molecule has 5 nitrogen and oxygen atoms in total. The van der Waals surface area contributed by atoms with Gasteiger partial charge in [-0.25, -0.2) is 0 Å². The van der Waals surface area contributed by atoms with Gasteiger partial charge in [0.2, 0.25) is 5.91 Å². The Bertz CT molecular complexity index is 357. The minimum absolute atomic E-state index is 0.0297. The number of amides is 3. The van der Waals surface area contributed by atoms with Gasteiger partial charge < -0.3 is 5.32 Å². The second-order valence-corrected chi connectivity index (χ2v) is 5.16. The highest BCUT2D eigenvalue weighted by atomic mass is 32.2. The van der Waals surface area contributed by atoms with Crippen LogP contribution in [-0.4, -0.2) is 47.2 Å². The highest BCUT2D eigenvalue weighted by Crippen LogP contribution is 2.23. The van der Waals surface area contributed by atoms with Gasteiger partial charge in [-0.15, -0.1) is 0 Å². The molecular formula is C11H14N2O3S. The number of nitrogens with one attached hydrogen (secondary N) is 1. The van der Waals surface area contributed by atoms with Gasteiger partial charge in [0, 0.05) is 36.9 Å². The Kier molecular flexibility index (Phi) is 3.83. The van der Waals surface area contributed by atoms with E-state index in [2.05, 4.69) is 5.32 Å². The summed E-state index contributed by atoms with van der Waals surface area (Å²) in [6, 6.07) is 0. The van der Waals surface area contributed by atoms with E-state index in [9.17, 15) is 14.4 Å². The predicted molar refractivity (Wildman–Crippen MR) is 64.3 cm³/mol. The highest BCUT2D eigenvalue weighted by molar-refractivity contribution is 7.99. The van der Waals surface area contributed by atoms with Gasteiger partial charge in [-0.2, -0.15) is 11.8 Å². The molecule has 0 aromatic heterocycles. The van der Waals surface area contributed by atoms with E-state index in [-0.39, 0.29) is 30.2 Å². The molecule has 1 saturated heterocycles. The van der Waals surface area contributed by atoms with Crippen LogP contribution in [0.2, 0.25) is 0 Å². The number of nitrogens with zero attached hydrogens (tertiary/aromatic N) is 1. The topological polar surface area (TPSA) is 66.5 Å². The van der Waals surface area contributed by atoms with Crippen LogP contribution in [0, 0.1) is 5.92 Å². The quantitative estimate of drug-likeness (QED) is 0.704. The fraction of sp³-hybridized carbons (Fsp3) is 0.545. The van der Waals surface area contributed by atoms with Crippen molar-refractivity contribution in [1.29, 1.82) is 0 Å². The molecule has 0 spiro atoms. The van der Waals surface area contributed by atoms with Crippen molar-refractivity contribution in [1.82, 2.24) is 10.2 Å². The Morgan fingerprint density at radius 2 is 2.12 bits per heavy atom. The molecular weight excluding hydrogens is 240 g/mol. The maximum atomic E-state index is 11.7. The van der Waals surface area contributed by atoms with E-state index in [4.69, 9.17) is 0 Å². The number of hydrogen-bond donors (Lipinski definition) is 1. The van der Waals surface area contributed by atoms with Crippen molar-refractivity contribution in [3.8, 4) is 0 Å². The number of imide groups is 1. The molecule has 2 aliphatic heterocycles. The Labute approximate surface area is 104 Å². The summed E-state index contributed by atoms with van der Waals surface area (Å²) in [5.74, 6) is 1.41. The molecule has 2 aliphatic rings. The SMILES string of the molecule is O=C(NCCN1C(=O)C=CC1=O)C1CCSC1. The number of rotatable bonds is 4. The zero-order valence-corrected chi connectivity index (χ0v) is 10.2. The van der Waals surface area contributed by atoms with E-state index in [0.717, 1.165) is 22.8 Å². The normalized spacial score (nSPS) is 23.5. The zero-order valence-electron chi connectivity index (χ0n) is 9.35. The zero-order chi connectivity index (χ0) is 12.3. The second kappa shape index (κ2) is 5.35. The highest BCUT2D eigenvalue weighted by Gasteiger charge is 2.25. The summed E-state index contributed by atoms with van der Waals surface area (Å²) in [5, 5.41) is 2.77. The van der Waals surface area contributed by atoms with Crippen LogP contribution < -0.4 is 5.32 Å². The van der Waals surface area contributed by atoms with Crippen molar-refractivity contribution in [2.24, 2.45) is 5.92 Å². The predicted octanol–water partition coefficient (Wildman–Crippen LogP) is -0.219. The van der Waals surface area contributed by atoms with Gasteiger partial charge in [-0.05, 0) is 12.2 Å². The lowest BCUT2D eigenvalue weighted by Gasteiger charge is -2.15. The molecule has 3 amide bonds. The third-order valence-corrected chi connectivity index (χ3v) is 4.00. The maximum Gasteiger partial charge on any atom is 0.253 e. The summed E-state index contributed by atoms with van der Waals surface area (Å²) in [7, 11) is 0. The van der Waals surface area contributed by atoms with Crippen LogP contribution in [-0.2, 0) is 14.4 Å². The van der Waals surface area contributed by atoms with Crippen LogP contribution >= 0.6 is 11.8 Å². The van der Waals surface area contributed by atoms with Crippen molar-refractivity contribution >= 4 is 29.5 Å². The average molecular weight is 254 g/mol. The van der Waals surface area contributed by atoms with Crippen LogP contribution in [0.15, 0.2) is 12.2 Å². The number of hydrogen-bond acceptors (Lipinski definition) is 4. The van der Waals surface area contributed by atoms with Crippen molar-refractivity contribution in [3.05, 3.63) is 12.2 Å². The molecule has 2 heterocycles. The van der Waals surface area contributed by atoms with E-state index in [1.54, 1.807) is 11.8 Å². The van der Waals surface area contributed by atoms with Gasteiger partial charge in [0.25, 0.3) is 11.8 Å². The summed E-state index contributed by atoms with van der Waals surface area (Å²) in [4.78, 5) is 35.2. The Morgan fingerprint density at radius 3 is 2.71 bits per heavy atom. The maximum absolute atomic E-state index is 11.7. The molecule has 6 heteroatoms. The molecule has 2 rings (SSSR count). The lowest BCUT2D eigenvalue weighted by Crippen LogP contribution is -2.40.